The zero-order valence-electron chi connectivity index (χ0n) is 7.43. The quantitative estimate of drug-likeness (QED) is 0.713. The molecule has 0 unspecified atom stereocenters. The number of hydrogen-bond donors (Lipinski definition) is 1. The van der Waals surface area contributed by atoms with Gasteiger partial charge >= 0.3 is 0 Å². The fourth-order valence-electron chi connectivity index (χ4n) is 1.31. The molecule has 1 aromatic carbocycles. The molecule has 0 amide bonds. The molecule has 0 spiro atoms. The second kappa shape index (κ2) is 3.28. The fourth-order valence-corrected chi connectivity index (χ4v) is 1.31. The molecule has 0 aliphatic heterocycles. The van der Waals surface area contributed by atoms with Gasteiger partial charge in [-0.3, -0.25) is 0 Å². The maximum Gasteiger partial charge on any atom is 0.0208 e. The van der Waals surface area contributed by atoms with Gasteiger partial charge in [-0.1, -0.05) is 17.7 Å². The van der Waals surface area contributed by atoms with Crippen LogP contribution in [0.3, 0.4) is 0 Å². The Hall–Kier alpha value is -0.820. The summed E-state index contributed by atoms with van der Waals surface area (Å²) >= 11 is 0. The molecule has 1 radical (unpaired) electrons. The van der Waals surface area contributed by atoms with E-state index < -0.39 is 0 Å². The third-order valence-electron chi connectivity index (χ3n) is 2.17. The van der Waals surface area contributed by atoms with Gasteiger partial charge in [-0.15, -0.1) is 0 Å². The maximum atomic E-state index is 3.48. The van der Waals surface area contributed by atoms with Crippen LogP contribution in [0.25, 0.3) is 0 Å². The van der Waals surface area contributed by atoms with Crippen molar-refractivity contribution >= 4 is 0 Å². The Labute approximate surface area is 73.8 Å². The van der Waals surface area contributed by atoms with E-state index in [1.807, 2.05) is 6.07 Å². The molecule has 1 aromatic rings. The Morgan fingerprint density at radius 3 is 3.00 bits per heavy atom. The Morgan fingerprint density at radius 2 is 2.33 bits per heavy atom. The average molecular weight is 160 g/mol. The van der Waals surface area contributed by atoms with Gasteiger partial charge in [0.25, 0.3) is 0 Å². The molecular weight excluding hydrogens is 146 g/mol. The summed E-state index contributed by atoms with van der Waals surface area (Å²) in [5.74, 6) is 0. The second-order valence-corrected chi connectivity index (χ2v) is 3.57. The third-order valence-corrected chi connectivity index (χ3v) is 2.17. The number of nitrogens with one attached hydrogen (secondary N) is 1. The summed E-state index contributed by atoms with van der Waals surface area (Å²) in [5.41, 5.74) is 2.65. The maximum absolute atomic E-state index is 3.48. The highest BCUT2D eigenvalue weighted by Gasteiger charge is 2.19. The summed E-state index contributed by atoms with van der Waals surface area (Å²) in [6, 6.07) is 10.2. The molecule has 63 valence electrons. The van der Waals surface area contributed by atoms with Gasteiger partial charge in [0.05, 0.1) is 0 Å². The van der Waals surface area contributed by atoms with Gasteiger partial charge in [-0.25, -0.2) is 0 Å². The van der Waals surface area contributed by atoms with E-state index in [-0.39, 0.29) is 0 Å². The van der Waals surface area contributed by atoms with Gasteiger partial charge in [0.2, 0.25) is 0 Å². The van der Waals surface area contributed by atoms with E-state index in [2.05, 4.69) is 30.4 Å². The number of benzene rings is 1. The predicted molar refractivity (Wildman–Crippen MR) is 49.9 cm³/mol. The first-order valence-corrected chi connectivity index (χ1v) is 4.54. The lowest BCUT2D eigenvalue weighted by Gasteiger charge is -2.02. The minimum atomic E-state index is 0.797. The van der Waals surface area contributed by atoms with E-state index in [0.717, 1.165) is 12.6 Å². The highest BCUT2D eigenvalue weighted by atomic mass is 14.9. The molecule has 1 aliphatic carbocycles. The molecule has 1 aliphatic rings. The van der Waals surface area contributed by atoms with Crippen LogP contribution in [0.4, 0.5) is 0 Å². The van der Waals surface area contributed by atoms with Crippen LogP contribution in [-0.4, -0.2) is 6.04 Å². The standard InChI is InChI=1S/C11H14N/c1-9-3-2-4-10(7-9)8-12-11-5-6-11/h3-4,7,11-12H,5-6,8H2,1H3. The molecule has 0 aromatic heterocycles. The molecule has 1 heteroatoms. The van der Waals surface area contributed by atoms with Crippen LogP contribution in [0.15, 0.2) is 18.2 Å². The van der Waals surface area contributed by atoms with E-state index in [0.29, 0.717) is 0 Å². The number of rotatable bonds is 3. The van der Waals surface area contributed by atoms with Crippen molar-refractivity contribution in [2.24, 2.45) is 0 Å². The van der Waals surface area contributed by atoms with Crippen LogP contribution in [0.1, 0.15) is 24.0 Å². The van der Waals surface area contributed by atoms with Crippen molar-refractivity contribution in [1.29, 1.82) is 0 Å². The number of aryl methyl sites for hydroxylation is 1. The lowest BCUT2D eigenvalue weighted by atomic mass is 10.1. The minimum absolute atomic E-state index is 0.797. The molecule has 0 atom stereocenters. The monoisotopic (exact) mass is 160 g/mol. The minimum Gasteiger partial charge on any atom is -0.310 e. The summed E-state index contributed by atoms with van der Waals surface area (Å²) in [5, 5.41) is 3.48. The molecule has 1 fully saturated rings. The number of hydrogen-bond acceptors (Lipinski definition) is 1. The van der Waals surface area contributed by atoms with E-state index >= 15 is 0 Å². The van der Waals surface area contributed by atoms with Crippen LogP contribution in [0, 0.1) is 13.0 Å². The van der Waals surface area contributed by atoms with E-state index in [4.69, 9.17) is 0 Å². The van der Waals surface area contributed by atoms with Crippen molar-refractivity contribution in [3.8, 4) is 0 Å². The van der Waals surface area contributed by atoms with Gasteiger partial charge in [-0.05, 0) is 37.5 Å². The lowest BCUT2D eigenvalue weighted by Crippen LogP contribution is -2.15. The lowest BCUT2D eigenvalue weighted by molar-refractivity contribution is 0.687. The van der Waals surface area contributed by atoms with Gasteiger partial charge in [0.1, 0.15) is 0 Å². The zero-order chi connectivity index (χ0) is 8.39. The summed E-state index contributed by atoms with van der Waals surface area (Å²) < 4.78 is 0. The van der Waals surface area contributed by atoms with E-state index in [9.17, 15) is 0 Å². The normalized spacial score (nSPS) is 16.4. The van der Waals surface area contributed by atoms with Crippen molar-refractivity contribution in [2.45, 2.75) is 32.4 Å². The molecule has 1 N–H and O–H groups in total. The molecule has 12 heavy (non-hydrogen) atoms. The SMILES string of the molecule is Cc1c[c]cc(CNC2CC2)c1. The van der Waals surface area contributed by atoms with E-state index in [1.165, 1.54) is 24.0 Å². The predicted octanol–water partition coefficient (Wildman–Crippen LogP) is 2.05. The van der Waals surface area contributed by atoms with Crippen molar-refractivity contribution in [3.05, 3.63) is 35.4 Å². The van der Waals surface area contributed by atoms with Crippen LogP contribution in [0.2, 0.25) is 0 Å². The van der Waals surface area contributed by atoms with E-state index in [1.54, 1.807) is 0 Å². The van der Waals surface area contributed by atoms with Crippen LogP contribution in [0.5, 0.6) is 0 Å². The molecule has 0 bridgehead atoms. The van der Waals surface area contributed by atoms with Crippen LogP contribution < -0.4 is 5.32 Å². The Bertz CT molecular complexity index is 263. The topological polar surface area (TPSA) is 12.0 Å². The highest BCUT2D eigenvalue weighted by molar-refractivity contribution is 5.21. The molecule has 0 heterocycles. The van der Waals surface area contributed by atoms with Crippen LogP contribution in [-0.2, 0) is 6.54 Å². The summed E-state index contributed by atoms with van der Waals surface area (Å²) in [4.78, 5) is 0. The van der Waals surface area contributed by atoms with Crippen molar-refractivity contribution in [2.75, 3.05) is 0 Å². The molecule has 1 saturated carbocycles. The summed E-state index contributed by atoms with van der Waals surface area (Å²) in [6.07, 6.45) is 2.71. The first-order valence-electron chi connectivity index (χ1n) is 4.54. The fraction of sp³-hybridized carbons (Fsp3) is 0.455. The van der Waals surface area contributed by atoms with Crippen LogP contribution >= 0.6 is 0 Å². The van der Waals surface area contributed by atoms with Gasteiger partial charge < -0.3 is 5.32 Å². The Balaban J connectivity index is 1.92. The third kappa shape index (κ3) is 2.08. The Morgan fingerprint density at radius 1 is 1.50 bits per heavy atom. The average Bonchev–Trinajstić information content (AvgIpc) is 2.84. The molecule has 2 rings (SSSR count). The largest absolute Gasteiger partial charge is 0.310 e. The van der Waals surface area contributed by atoms with Crippen molar-refractivity contribution < 1.29 is 0 Å². The second-order valence-electron chi connectivity index (χ2n) is 3.57. The first-order chi connectivity index (χ1) is 5.84. The zero-order valence-corrected chi connectivity index (χ0v) is 7.43. The summed E-state index contributed by atoms with van der Waals surface area (Å²) in [7, 11) is 0. The molecule has 0 saturated heterocycles. The highest BCUT2D eigenvalue weighted by Crippen LogP contribution is 2.19. The van der Waals surface area contributed by atoms with Gasteiger partial charge in [0.15, 0.2) is 0 Å². The Kier molecular flexibility index (Phi) is 2.13. The first kappa shape index (κ1) is 7.81. The van der Waals surface area contributed by atoms with Gasteiger partial charge in [-0.2, -0.15) is 0 Å². The smallest absolute Gasteiger partial charge is 0.0208 e. The van der Waals surface area contributed by atoms with Gasteiger partial charge in [0, 0.05) is 12.6 Å². The summed E-state index contributed by atoms with van der Waals surface area (Å²) in [6.45, 7) is 3.11. The molecular formula is C11H14N. The molecule has 1 nitrogen and oxygen atoms in total. The van der Waals surface area contributed by atoms with Crippen molar-refractivity contribution in [1.82, 2.24) is 5.32 Å². The van der Waals surface area contributed by atoms with Crippen molar-refractivity contribution in [3.63, 3.8) is 0 Å².